The molecule has 0 aromatic heterocycles. The summed E-state index contributed by atoms with van der Waals surface area (Å²) in [6.45, 7) is 8.47. The van der Waals surface area contributed by atoms with Gasteiger partial charge in [-0.15, -0.1) is 0 Å². The zero-order valence-corrected chi connectivity index (χ0v) is 20.2. The quantitative estimate of drug-likeness (QED) is 0.199. The summed E-state index contributed by atoms with van der Waals surface area (Å²) in [5, 5.41) is 2.91. The van der Waals surface area contributed by atoms with Crippen LogP contribution in [0.3, 0.4) is 0 Å². The topological polar surface area (TPSA) is 112 Å². The molecule has 0 amide bonds. The molecule has 190 valence electrons. The molecular weight excluding hydrogens is 455 g/mol. The summed E-state index contributed by atoms with van der Waals surface area (Å²) >= 11 is 0. The first-order valence-electron chi connectivity index (χ1n) is 11.5. The molecule has 0 bridgehead atoms. The van der Waals surface area contributed by atoms with Gasteiger partial charge in [-0.05, 0) is 30.4 Å². The van der Waals surface area contributed by atoms with E-state index in [1.165, 1.54) is 18.2 Å². The van der Waals surface area contributed by atoms with Crippen LogP contribution in [0.2, 0.25) is 0 Å². The van der Waals surface area contributed by atoms with Gasteiger partial charge in [0, 0.05) is 23.4 Å². The van der Waals surface area contributed by atoms with Gasteiger partial charge in [-0.3, -0.25) is 0 Å². The molecule has 0 aliphatic carbocycles. The fourth-order valence-electron chi connectivity index (χ4n) is 3.85. The number of ether oxygens (including phenoxy) is 1. The Morgan fingerprint density at radius 1 is 1.06 bits per heavy atom. The Labute approximate surface area is 204 Å². The number of nitrogens with two attached hydrogens (primary N) is 3. The van der Waals surface area contributed by atoms with Gasteiger partial charge in [-0.25, -0.2) is 4.99 Å². The van der Waals surface area contributed by atoms with Gasteiger partial charge < -0.3 is 27.3 Å². The molecule has 9 heteroatoms. The highest BCUT2D eigenvalue weighted by Crippen LogP contribution is 2.36. The molecule has 35 heavy (non-hydrogen) atoms. The number of hydrogen-bond acceptors (Lipinski definition) is 4. The second kappa shape index (κ2) is 12.9. The average Bonchev–Trinajstić information content (AvgIpc) is 2.83. The minimum absolute atomic E-state index is 0.00227. The van der Waals surface area contributed by atoms with E-state index in [2.05, 4.69) is 30.7 Å². The monoisotopic (exact) mass is 489 g/mol. The van der Waals surface area contributed by atoms with E-state index in [9.17, 15) is 13.2 Å². The van der Waals surface area contributed by atoms with Gasteiger partial charge in [0.25, 0.3) is 0 Å². The Morgan fingerprint density at radius 3 is 2.29 bits per heavy atom. The third-order valence-electron chi connectivity index (χ3n) is 5.46. The van der Waals surface area contributed by atoms with Crippen molar-refractivity contribution in [3.63, 3.8) is 0 Å². The highest BCUT2D eigenvalue weighted by atomic mass is 19.4. The molecule has 2 aromatic carbocycles. The maximum Gasteiger partial charge on any atom is 0.417 e. The van der Waals surface area contributed by atoms with Crippen LogP contribution in [0, 0.1) is 0 Å². The van der Waals surface area contributed by atoms with Gasteiger partial charge in [-0.2, -0.15) is 13.2 Å². The molecule has 6 nitrogen and oxygen atoms in total. The number of alkyl halides is 3. The first-order valence-corrected chi connectivity index (χ1v) is 11.5. The molecule has 1 atom stereocenters. The van der Waals surface area contributed by atoms with Crippen molar-refractivity contribution in [2.75, 3.05) is 13.2 Å². The van der Waals surface area contributed by atoms with Crippen LogP contribution in [0.4, 0.5) is 13.2 Å². The van der Waals surface area contributed by atoms with Gasteiger partial charge in [0.15, 0.2) is 5.96 Å². The zero-order chi connectivity index (χ0) is 26.0. The van der Waals surface area contributed by atoms with Gasteiger partial charge in [0.1, 0.15) is 12.3 Å². The maximum atomic E-state index is 13.7. The first-order chi connectivity index (χ1) is 16.6. The van der Waals surface area contributed by atoms with E-state index in [4.69, 9.17) is 21.9 Å². The van der Waals surface area contributed by atoms with E-state index in [0.29, 0.717) is 11.6 Å². The van der Waals surface area contributed by atoms with Crippen LogP contribution >= 0.6 is 0 Å². The van der Waals surface area contributed by atoms with Crippen molar-refractivity contribution in [1.82, 2.24) is 5.32 Å². The van der Waals surface area contributed by atoms with E-state index < -0.39 is 11.7 Å². The third-order valence-corrected chi connectivity index (χ3v) is 5.46. The summed E-state index contributed by atoms with van der Waals surface area (Å²) in [5.74, 6) is -0.168. The predicted octanol–water partition coefficient (Wildman–Crippen LogP) is 5.13. The highest BCUT2D eigenvalue weighted by molar-refractivity contribution is 5.92. The molecule has 0 aliphatic heterocycles. The van der Waals surface area contributed by atoms with Crippen LogP contribution in [-0.4, -0.2) is 19.1 Å². The van der Waals surface area contributed by atoms with Gasteiger partial charge in [0.05, 0.1) is 5.56 Å². The van der Waals surface area contributed by atoms with E-state index in [-0.39, 0.29) is 36.3 Å². The summed E-state index contributed by atoms with van der Waals surface area (Å²) in [5.41, 5.74) is 18.6. The fourth-order valence-corrected chi connectivity index (χ4v) is 3.85. The average molecular weight is 490 g/mol. The molecule has 1 unspecified atom stereocenters. The summed E-state index contributed by atoms with van der Waals surface area (Å²) in [6, 6.07) is 12.8. The van der Waals surface area contributed by atoms with Crippen LogP contribution < -0.4 is 22.5 Å². The number of guanidine groups is 1. The Balaban J connectivity index is 2.47. The number of benzene rings is 2. The Bertz CT molecular complexity index is 1060. The number of nitrogens with one attached hydrogen (secondary N) is 1. The van der Waals surface area contributed by atoms with Crippen molar-refractivity contribution < 1.29 is 17.9 Å². The van der Waals surface area contributed by atoms with Gasteiger partial charge >= 0.3 is 6.18 Å². The van der Waals surface area contributed by atoms with Crippen LogP contribution in [0.15, 0.2) is 66.0 Å². The summed E-state index contributed by atoms with van der Waals surface area (Å²) in [4.78, 5) is 4.18. The van der Waals surface area contributed by atoms with E-state index in [1.807, 2.05) is 24.3 Å². The first kappa shape index (κ1) is 27.8. The molecule has 0 fully saturated rings. The zero-order valence-electron chi connectivity index (χ0n) is 20.2. The number of halogens is 3. The second-order valence-corrected chi connectivity index (χ2v) is 7.98. The highest BCUT2D eigenvalue weighted by Gasteiger charge is 2.34. The van der Waals surface area contributed by atoms with Crippen molar-refractivity contribution in [2.24, 2.45) is 22.2 Å². The summed E-state index contributed by atoms with van der Waals surface area (Å²) in [6.07, 6.45) is -1.63. The van der Waals surface area contributed by atoms with E-state index in [0.717, 1.165) is 36.5 Å². The lowest BCUT2D eigenvalue weighted by molar-refractivity contribution is -0.137. The standard InChI is InChI=1S/C26H34F3N5O/c1-4-10-18(5-2)20-12-7-6-11-19(20)17(3)33-25(32)34-23(24(31)35-16-15-30)21-13-8-9-14-22(21)26(27,28)29/h6-9,11-14,18H,3-5,10,15-16,30-31H2,1-2H3,(H3,32,33,34)/b24-23+. The fraction of sp³-hybridized carbons (Fsp3) is 0.346. The lowest BCUT2D eigenvalue weighted by Crippen LogP contribution is -2.30. The summed E-state index contributed by atoms with van der Waals surface area (Å²) < 4.78 is 46.3. The molecule has 0 aliphatic rings. The Morgan fingerprint density at radius 2 is 1.69 bits per heavy atom. The van der Waals surface area contributed by atoms with Crippen LogP contribution in [0.1, 0.15) is 61.3 Å². The largest absolute Gasteiger partial charge is 0.476 e. The van der Waals surface area contributed by atoms with Crippen molar-refractivity contribution in [2.45, 2.75) is 45.2 Å². The molecule has 0 heterocycles. The molecule has 0 radical (unpaired) electrons. The molecule has 7 N–H and O–H groups in total. The van der Waals surface area contributed by atoms with E-state index >= 15 is 0 Å². The molecule has 0 saturated carbocycles. The Hall–Kier alpha value is -3.46. The van der Waals surface area contributed by atoms with Gasteiger partial charge in [0.2, 0.25) is 5.88 Å². The molecule has 0 spiro atoms. The van der Waals surface area contributed by atoms with Crippen molar-refractivity contribution in [3.05, 3.63) is 83.2 Å². The number of aliphatic imine (C=N–C) groups is 1. The van der Waals surface area contributed by atoms with Crippen LogP contribution in [0.5, 0.6) is 0 Å². The number of hydrogen-bond donors (Lipinski definition) is 4. The molecule has 2 rings (SSSR count). The van der Waals surface area contributed by atoms with Crippen molar-refractivity contribution in [3.8, 4) is 0 Å². The molecular formula is C26H34F3N5O. The smallest absolute Gasteiger partial charge is 0.417 e. The van der Waals surface area contributed by atoms with Crippen molar-refractivity contribution >= 4 is 17.4 Å². The second-order valence-electron chi connectivity index (χ2n) is 7.98. The summed E-state index contributed by atoms with van der Waals surface area (Å²) in [7, 11) is 0. The SMILES string of the molecule is C=C(NC(N)=N/C(=C(\N)OCCN)c1ccccc1C(F)(F)F)c1ccccc1C(CC)CCC. The Kier molecular flexibility index (Phi) is 10.2. The van der Waals surface area contributed by atoms with Gasteiger partial charge in [-0.1, -0.05) is 69.3 Å². The lowest BCUT2D eigenvalue weighted by Gasteiger charge is -2.20. The van der Waals surface area contributed by atoms with Crippen LogP contribution in [0.25, 0.3) is 11.4 Å². The minimum atomic E-state index is -4.63. The lowest BCUT2D eigenvalue weighted by atomic mass is 9.88. The number of nitrogens with zero attached hydrogens (tertiary/aromatic N) is 1. The number of rotatable bonds is 11. The predicted molar refractivity (Wildman–Crippen MR) is 136 cm³/mol. The maximum absolute atomic E-state index is 13.7. The van der Waals surface area contributed by atoms with Crippen molar-refractivity contribution in [1.29, 1.82) is 0 Å². The molecule has 0 saturated heterocycles. The molecule has 2 aromatic rings. The normalized spacial score (nSPS) is 13.7. The van der Waals surface area contributed by atoms with Crippen LogP contribution in [-0.2, 0) is 10.9 Å². The minimum Gasteiger partial charge on any atom is -0.476 e. The van der Waals surface area contributed by atoms with E-state index in [1.54, 1.807) is 0 Å². The third kappa shape index (κ3) is 7.51.